The van der Waals surface area contributed by atoms with Crippen LogP contribution in [-0.4, -0.2) is 29.1 Å². The first-order chi connectivity index (χ1) is 9.24. The van der Waals surface area contributed by atoms with Crippen LogP contribution in [0.2, 0.25) is 0 Å². The van der Waals surface area contributed by atoms with Crippen LogP contribution in [-0.2, 0) is 0 Å². The summed E-state index contributed by atoms with van der Waals surface area (Å²) in [6.07, 6.45) is 2.27. The maximum absolute atomic E-state index is 12.3. The summed E-state index contributed by atoms with van der Waals surface area (Å²) in [7, 11) is 0. The van der Waals surface area contributed by atoms with Crippen LogP contribution in [0.15, 0.2) is 28.1 Å². The van der Waals surface area contributed by atoms with Crippen LogP contribution < -0.4 is 0 Å². The second kappa shape index (κ2) is 5.17. The van der Waals surface area contributed by atoms with E-state index in [9.17, 15) is 4.79 Å². The van der Waals surface area contributed by atoms with Crippen molar-refractivity contribution in [1.29, 1.82) is 0 Å². The molecule has 2 aromatic rings. The number of hydrogen-bond donors (Lipinski definition) is 0. The first-order valence-corrected chi connectivity index (χ1v) is 7.42. The van der Waals surface area contributed by atoms with Crippen molar-refractivity contribution in [1.82, 2.24) is 10.1 Å². The molecular weight excluding hydrogens is 260 g/mol. The minimum Gasteiger partial charge on any atom is -0.355 e. The summed E-state index contributed by atoms with van der Waals surface area (Å²) in [5, 5.41) is 5.89. The van der Waals surface area contributed by atoms with Gasteiger partial charge in [-0.05, 0) is 30.2 Å². The summed E-state index contributed by atoms with van der Waals surface area (Å²) >= 11 is 1.58. The maximum Gasteiger partial charge on any atom is 0.276 e. The largest absolute Gasteiger partial charge is 0.355 e. The van der Waals surface area contributed by atoms with Gasteiger partial charge in [-0.15, -0.1) is 11.3 Å². The summed E-state index contributed by atoms with van der Waals surface area (Å²) in [5.74, 6) is 1.22. The number of carbonyl (C=O) groups excluding carboxylic acids is 1. The van der Waals surface area contributed by atoms with Crippen molar-refractivity contribution in [3.05, 3.63) is 29.3 Å². The molecule has 1 aliphatic rings. The molecule has 2 aromatic heterocycles. The molecule has 1 saturated heterocycles. The summed E-state index contributed by atoms with van der Waals surface area (Å²) < 4.78 is 5.26. The summed E-state index contributed by atoms with van der Waals surface area (Å²) in [6.45, 7) is 3.82. The fraction of sp³-hybridized carbons (Fsp3) is 0.429. The fourth-order valence-corrected chi connectivity index (χ4v) is 3.12. The summed E-state index contributed by atoms with van der Waals surface area (Å²) in [5.41, 5.74) is 0.414. The molecule has 19 heavy (non-hydrogen) atoms. The van der Waals surface area contributed by atoms with Crippen molar-refractivity contribution in [2.75, 3.05) is 13.1 Å². The number of hydrogen-bond acceptors (Lipinski definition) is 4. The van der Waals surface area contributed by atoms with Gasteiger partial charge in [0, 0.05) is 19.2 Å². The van der Waals surface area contributed by atoms with E-state index in [-0.39, 0.29) is 5.91 Å². The quantitative estimate of drug-likeness (QED) is 0.845. The normalized spacial score (nSPS) is 19.6. The van der Waals surface area contributed by atoms with E-state index in [4.69, 9.17) is 4.52 Å². The van der Waals surface area contributed by atoms with Gasteiger partial charge in [-0.2, -0.15) is 0 Å². The number of piperidine rings is 1. The Kier molecular flexibility index (Phi) is 3.38. The Hall–Kier alpha value is -1.62. The highest BCUT2D eigenvalue weighted by molar-refractivity contribution is 7.13. The van der Waals surface area contributed by atoms with Crippen LogP contribution in [0.5, 0.6) is 0 Å². The highest BCUT2D eigenvalue weighted by Crippen LogP contribution is 2.26. The number of carbonyl (C=O) groups is 1. The van der Waals surface area contributed by atoms with Gasteiger partial charge in [0.05, 0.1) is 4.88 Å². The molecule has 4 nitrogen and oxygen atoms in total. The van der Waals surface area contributed by atoms with Gasteiger partial charge in [-0.25, -0.2) is 0 Å². The van der Waals surface area contributed by atoms with Gasteiger partial charge in [0.25, 0.3) is 5.91 Å². The van der Waals surface area contributed by atoms with Crippen molar-refractivity contribution in [2.45, 2.75) is 19.8 Å². The molecule has 0 N–H and O–H groups in total. The van der Waals surface area contributed by atoms with Gasteiger partial charge < -0.3 is 9.42 Å². The van der Waals surface area contributed by atoms with Crippen LogP contribution in [0.1, 0.15) is 30.3 Å². The molecule has 1 aliphatic heterocycles. The smallest absolute Gasteiger partial charge is 0.276 e. The Morgan fingerprint density at radius 2 is 2.47 bits per heavy atom. The molecule has 0 aliphatic carbocycles. The first-order valence-electron chi connectivity index (χ1n) is 6.54. The lowest BCUT2D eigenvalue weighted by molar-refractivity contribution is 0.0672. The van der Waals surface area contributed by atoms with Crippen molar-refractivity contribution >= 4 is 17.2 Å². The topological polar surface area (TPSA) is 46.3 Å². The third-order valence-corrected chi connectivity index (χ3v) is 4.32. The number of likely N-dealkylation sites (tertiary alicyclic amines) is 1. The maximum atomic E-state index is 12.3. The Balaban J connectivity index is 1.77. The van der Waals surface area contributed by atoms with Crippen LogP contribution >= 0.6 is 11.3 Å². The molecule has 1 unspecified atom stereocenters. The van der Waals surface area contributed by atoms with Gasteiger partial charge in [0.15, 0.2) is 11.5 Å². The number of nitrogens with zero attached hydrogens (tertiary/aromatic N) is 2. The third kappa shape index (κ3) is 2.56. The van der Waals surface area contributed by atoms with Crippen molar-refractivity contribution in [2.24, 2.45) is 5.92 Å². The zero-order valence-corrected chi connectivity index (χ0v) is 11.7. The van der Waals surface area contributed by atoms with Crippen LogP contribution in [0.3, 0.4) is 0 Å². The van der Waals surface area contributed by atoms with Gasteiger partial charge in [0.2, 0.25) is 0 Å². The van der Waals surface area contributed by atoms with Gasteiger partial charge >= 0.3 is 0 Å². The zero-order chi connectivity index (χ0) is 13.2. The monoisotopic (exact) mass is 276 g/mol. The Labute approximate surface area is 116 Å². The van der Waals surface area contributed by atoms with E-state index in [0.717, 1.165) is 24.4 Å². The number of amides is 1. The molecule has 3 heterocycles. The lowest BCUT2D eigenvalue weighted by Gasteiger charge is -2.30. The Morgan fingerprint density at radius 1 is 1.58 bits per heavy atom. The molecule has 3 rings (SSSR count). The average molecular weight is 276 g/mol. The molecule has 0 radical (unpaired) electrons. The van der Waals surface area contributed by atoms with Gasteiger partial charge in [-0.3, -0.25) is 4.79 Å². The predicted octanol–water partition coefficient (Wildman–Crippen LogP) is 3.28. The Morgan fingerprint density at radius 3 is 3.21 bits per heavy atom. The molecule has 100 valence electrons. The van der Waals surface area contributed by atoms with Gasteiger partial charge in [-0.1, -0.05) is 18.1 Å². The van der Waals surface area contributed by atoms with E-state index >= 15 is 0 Å². The standard InChI is InChI=1S/C14H16N2O2S/c1-10-4-2-6-16(9-10)14(17)11-8-12(18-15-11)13-5-3-7-19-13/h3,5,7-8,10H,2,4,6,9H2,1H3. The third-order valence-electron chi connectivity index (χ3n) is 3.44. The molecule has 1 fully saturated rings. The highest BCUT2D eigenvalue weighted by Gasteiger charge is 2.24. The first kappa shape index (κ1) is 12.4. The number of aromatic nitrogens is 1. The lowest BCUT2D eigenvalue weighted by atomic mass is 10.00. The van der Waals surface area contributed by atoms with E-state index < -0.39 is 0 Å². The summed E-state index contributed by atoms with van der Waals surface area (Å²) in [6, 6.07) is 5.66. The molecule has 0 spiro atoms. The lowest BCUT2D eigenvalue weighted by Crippen LogP contribution is -2.39. The zero-order valence-electron chi connectivity index (χ0n) is 10.8. The molecule has 0 aromatic carbocycles. The molecule has 5 heteroatoms. The average Bonchev–Trinajstić information content (AvgIpc) is 3.08. The molecular formula is C14H16N2O2S. The van der Waals surface area contributed by atoms with E-state index in [1.165, 1.54) is 6.42 Å². The van der Waals surface area contributed by atoms with E-state index in [1.54, 1.807) is 17.4 Å². The van der Waals surface area contributed by atoms with E-state index in [1.807, 2.05) is 22.4 Å². The van der Waals surface area contributed by atoms with Crippen molar-refractivity contribution in [3.8, 4) is 10.6 Å². The molecule has 0 saturated carbocycles. The SMILES string of the molecule is CC1CCCN(C(=O)c2cc(-c3cccs3)on2)C1. The van der Waals surface area contributed by atoms with Crippen LogP contribution in [0.25, 0.3) is 10.6 Å². The molecule has 1 amide bonds. The second-order valence-electron chi connectivity index (χ2n) is 5.05. The minimum atomic E-state index is -0.0156. The molecule has 0 bridgehead atoms. The Bertz CT molecular complexity index is 562. The van der Waals surface area contributed by atoms with Crippen molar-refractivity contribution in [3.63, 3.8) is 0 Å². The van der Waals surface area contributed by atoms with E-state index in [2.05, 4.69) is 12.1 Å². The minimum absolute atomic E-state index is 0.0156. The molecule has 1 atom stereocenters. The van der Waals surface area contributed by atoms with Crippen LogP contribution in [0.4, 0.5) is 0 Å². The van der Waals surface area contributed by atoms with E-state index in [0.29, 0.717) is 17.4 Å². The fourth-order valence-electron chi connectivity index (χ4n) is 2.45. The highest BCUT2D eigenvalue weighted by atomic mass is 32.1. The second-order valence-corrected chi connectivity index (χ2v) is 6.00. The number of rotatable bonds is 2. The summed E-state index contributed by atoms with van der Waals surface area (Å²) in [4.78, 5) is 15.2. The van der Waals surface area contributed by atoms with Gasteiger partial charge in [0.1, 0.15) is 0 Å². The van der Waals surface area contributed by atoms with Crippen molar-refractivity contribution < 1.29 is 9.32 Å². The van der Waals surface area contributed by atoms with Crippen LogP contribution in [0, 0.1) is 5.92 Å². The predicted molar refractivity (Wildman–Crippen MR) is 74.1 cm³/mol. The number of thiophene rings is 1.